The molecule has 3 aliphatic heterocycles. The largest absolute Gasteiger partial charge is 0.435 e. The Labute approximate surface area is 232 Å². The minimum Gasteiger partial charge on any atom is -0.435 e. The summed E-state index contributed by atoms with van der Waals surface area (Å²) < 4.78 is 11.9. The van der Waals surface area contributed by atoms with E-state index in [9.17, 15) is 9.59 Å². The van der Waals surface area contributed by atoms with Crippen molar-refractivity contribution in [2.24, 2.45) is 11.0 Å². The first-order valence-corrected chi connectivity index (χ1v) is 14.1. The molecule has 39 heavy (non-hydrogen) atoms. The number of nitrogens with one attached hydrogen (secondary N) is 3. The summed E-state index contributed by atoms with van der Waals surface area (Å²) >= 11 is 6.81. The number of aromatic nitrogens is 3. The maximum atomic E-state index is 12.5. The van der Waals surface area contributed by atoms with E-state index in [1.54, 1.807) is 12.3 Å². The summed E-state index contributed by atoms with van der Waals surface area (Å²) in [4.78, 5) is 31.7. The lowest BCUT2D eigenvalue weighted by atomic mass is 9.73. The minimum absolute atomic E-state index is 0.0149. The number of amides is 2. The average molecular weight is 556 g/mol. The highest BCUT2D eigenvalue weighted by atomic mass is 35.5. The third kappa shape index (κ3) is 5.34. The van der Waals surface area contributed by atoms with Gasteiger partial charge in [0.15, 0.2) is 5.60 Å². The monoisotopic (exact) mass is 555 g/mol. The quantitative estimate of drug-likeness (QED) is 0.494. The molecule has 11 nitrogen and oxygen atoms in total. The van der Waals surface area contributed by atoms with Crippen LogP contribution in [-0.2, 0) is 9.47 Å². The molecule has 1 spiro atoms. The molecule has 3 N–H and O–H groups in total. The maximum Gasteiger partial charge on any atom is 0.428 e. The van der Waals surface area contributed by atoms with Crippen LogP contribution >= 0.6 is 11.6 Å². The van der Waals surface area contributed by atoms with Crippen LogP contribution in [0, 0.1) is 12.8 Å². The predicted octanol–water partition coefficient (Wildman–Crippen LogP) is 3.72. The summed E-state index contributed by atoms with van der Waals surface area (Å²) in [5, 5.41) is 14.8. The van der Waals surface area contributed by atoms with E-state index >= 15 is 0 Å². The molecule has 0 radical (unpaired) electrons. The summed E-state index contributed by atoms with van der Waals surface area (Å²) in [7, 11) is 0. The number of hydrogen-bond acceptors (Lipinski definition) is 8. The highest BCUT2D eigenvalue weighted by Crippen LogP contribution is 2.42. The van der Waals surface area contributed by atoms with Crippen molar-refractivity contribution in [1.29, 1.82) is 0 Å². The molecule has 2 aromatic heterocycles. The number of carbonyl (C=O) groups excluding carboxylic acids is 2. The van der Waals surface area contributed by atoms with Gasteiger partial charge in [0.1, 0.15) is 17.2 Å². The van der Waals surface area contributed by atoms with Gasteiger partial charge in [0.05, 0.1) is 17.2 Å². The molecule has 2 amide bonds. The predicted molar refractivity (Wildman–Crippen MR) is 145 cm³/mol. The molecule has 2 bridgehead atoms. The Hall–Kier alpha value is -3.18. The fourth-order valence-electron chi connectivity index (χ4n) is 6.44. The van der Waals surface area contributed by atoms with Crippen LogP contribution in [-0.4, -0.2) is 69.8 Å². The summed E-state index contributed by atoms with van der Waals surface area (Å²) in [6.45, 7) is 5.49. The highest BCUT2D eigenvalue weighted by molar-refractivity contribution is 6.35. The van der Waals surface area contributed by atoms with Crippen LogP contribution in [0.4, 0.5) is 10.6 Å². The first-order chi connectivity index (χ1) is 18.8. The van der Waals surface area contributed by atoms with Crippen molar-refractivity contribution in [3.8, 4) is 0 Å². The molecule has 1 saturated carbocycles. The SMILES string of the molecule is Cc1cc(C(=O)N[C@@H](C)CC2CCC3(CC2)OC(=O)NN=C3c2cnc(N3CC4CCC(C3)O4)cc2Cl)n[nH]1. The number of morpholine rings is 1. The van der Waals surface area contributed by atoms with Crippen LogP contribution < -0.4 is 15.6 Å². The van der Waals surface area contributed by atoms with Crippen LogP contribution in [0.25, 0.3) is 0 Å². The standard InChI is InChI=1S/C27H34ClN7O4/c1-15(30-25(36)22-10-16(2)31-32-22)9-17-5-7-27(8-6-17)24(33-34-26(37)39-27)20-12-29-23(11-21(20)28)35-13-18-3-4-19(14-35)38-18/h10-12,15,17-19H,3-9,13-14H2,1-2H3,(H,30,36)(H,31,32)(H,34,37)/t15-,17?,18?,19?,27?/m0/s1. The minimum atomic E-state index is -0.858. The van der Waals surface area contributed by atoms with Gasteiger partial charge in [-0.2, -0.15) is 10.2 Å². The number of aromatic amines is 1. The number of nitrogens with zero attached hydrogens (tertiary/aromatic N) is 4. The van der Waals surface area contributed by atoms with Gasteiger partial charge < -0.3 is 19.7 Å². The average Bonchev–Trinajstić information content (AvgIpc) is 3.50. The Bertz CT molecular complexity index is 1280. The number of fused-ring (bicyclic) bond motifs is 2. The third-order valence-corrected chi connectivity index (χ3v) is 8.67. The fourth-order valence-corrected chi connectivity index (χ4v) is 6.67. The molecule has 5 heterocycles. The first kappa shape index (κ1) is 26.1. The Kier molecular flexibility index (Phi) is 6.96. The van der Waals surface area contributed by atoms with Crippen LogP contribution in [0.5, 0.6) is 0 Å². The van der Waals surface area contributed by atoms with Crippen LogP contribution in [0.3, 0.4) is 0 Å². The lowest BCUT2D eigenvalue weighted by molar-refractivity contribution is 0.0154. The number of pyridine rings is 1. The lowest BCUT2D eigenvalue weighted by Gasteiger charge is -2.42. The van der Waals surface area contributed by atoms with E-state index in [0.717, 1.165) is 56.7 Å². The van der Waals surface area contributed by atoms with Crippen LogP contribution in [0.15, 0.2) is 23.4 Å². The van der Waals surface area contributed by atoms with E-state index in [0.29, 0.717) is 40.8 Å². The van der Waals surface area contributed by atoms with E-state index in [2.05, 4.69) is 30.9 Å². The fraction of sp³-hybridized carbons (Fsp3) is 0.593. The van der Waals surface area contributed by atoms with E-state index in [1.807, 2.05) is 19.9 Å². The van der Waals surface area contributed by atoms with Crippen LogP contribution in [0.2, 0.25) is 5.02 Å². The number of carbonyl (C=O) groups is 2. The van der Waals surface area contributed by atoms with Gasteiger partial charge in [0, 0.05) is 36.6 Å². The molecule has 4 aliphatic rings. The number of rotatable bonds is 6. The van der Waals surface area contributed by atoms with Crippen molar-refractivity contribution in [1.82, 2.24) is 25.9 Å². The van der Waals surface area contributed by atoms with Crippen molar-refractivity contribution >= 4 is 35.1 Å². The Morgan fingerprint density at radius 2 is 1.97 bits per heavy atom. The normalized spacial score (nSPS) is 29.0. The van der Waals surface area contributed by atoms with Crippen molar-refractivity contribution in [2.75, 3.05) is 18.0 Å². The number of H-pyrrole nitrogens is 1. The summed E-state index contributed by atoms with van der Waals surface area (Å²) in [5.41, 5.74) is 4.13. The van der Waals surface area contributed by atoms with Gasteiger partial charge >= 0.3 is 6.09 Å². The Morgan fingerprint density at radius 3 is 2.64 bits per heavy atom. The van der Waals surface area contributed by atoms with Gasteiger partial charge in [-0.1, -0.05) is 11.6 Å². The van der Waals surface area contributed by atoms with Gasteiger partial charge in [0.2, 0.25) is 0 Å². The summed E-state index contributed by atoms with van der Waals surface area (Å²) in [6.07, 6.45) is 7.57. The smallest absolute Gasteiger partial charge is 0.428 e. The topological polar surface area (TPSA) is 134 Å². The molecule has 2 aromatic rings. The zero-order valence-electron chi connectivity index (χ0n) is 22.2. The molecular weight excluding hydrogens is 522 g/mol. The maximum absolute atomic E-state index is 12.5. The Morgan fingerprint density at radius 1 is 1.23 bits per heavy atom. The van der Waals surface area contributed by atoms with Gasteiger partial charge in [-0.3, -0.25) is 9.89 Å². The number of ether oxygens (including phenoxy) is 2. The van der Waals surface area contributed by atoms with Crippen molar-refractivity contribution in [3.63, 3.8) is 0 Å². The van der Waals surface area contributed by atoms with E-state index in [1.165, 1.54) is 0 Å². The number of aryl methyl sites for hydroxylation is 1. The van der Waals surface area contributed by atoms with Gasteiger partial charge in [-0.25, -0.2) is 15.2 Å². The molecule has 12 heteroatoms. The number of anilines is 1. The molecule has 6 rings (SSSR count). The molecule has 2 saturated heterocycles. The van der Waals surface area contributed by atoms with Crippen LogP contribution in [0.1, 0.15) is 73.6 Å². The van der Waals surface area contributed by atoms with Crippen molar-refractivity contribution < 1.29 is 19.1 Å². The molecular formula is C27H34ClN7O4. The second-order valence-electron chi connectivity index (χ2n) is 11.3. The van der Waals surface area contributed by atoms with E-state index < -0.39 is 11.7 Å². The molecule has 1 aliphatic carbocycles. The van der Waals surface area contributed by atoms with Gasteiger partial charge in [0.25, 0.3) is 5.91 Å². The lowest BCUT2D eigenvalue weighted by Crippen LogP contribution is -2.52. The summed E-state index contributed by atoms with van der Waals surface area (Å²) in [6, 6.07) is 3.60. The molecule has 3 atom stereocenters. The van der Waals surface area contributed by atoms with Crippen molar-refractivity contribution in [2.45, 2.75) is 82.6 Å². The van der Waals surface area contributed by atoms with Crippen molar-refractivity contribution in [3.05, 3.63) is 40.3 Å². The van der Waals surface area contributed by atoms with E-state index in [-0.39, 0.29) is 24.2 Å². The molecule has 3 fully saturated rings. The number of hydrazone groups is 1. The zero-order valence-corrected chi connectivity index (χ0v) is 23.0. The number of hydrogen-bond donors (Lipinski definition) is 3. The second kappa shape index (κ2) is 10.4. The third-order valence-electron chi connectivity index (χ3n) is 8.36. The first-order valence-electron chi connectivity index (χ1n) is 13.7. The zero-order chi connectivity index (χ0) is 27.1. The molecule has 2 unspecified atom stereocenters. The molecule has 0 aromatic carbocycles. The van der Waals surface area contributed by atoms with Gasteiger partial charge in [-0.05, 0) is 76.8 Å². The Balaban J connectivity index is 1.12. The highest BCUT2D eigenvalue weighted by Gasteiger charge is 2.47. The molecule has 208 valence electrons. The van der Waals surface area contributed by atoms with Gasteiger partial charge in [-0.15, -0.1) is 0 Å². The number of halogens is 1. The van der Waals surface area contributed by atoms with E-state index in [4.69, 9.17) is 26.1 Å². The summed E-state index contributed by atoms with van der Waals surface area (Å²) in [5.74, 6) is 1.01. The second-order valence-corrected chi connectivity index (χ2v) is 11.7.